The number of carbonyl (C=O) groups is 2. The molecule has 2 rings (SSSR count). The summed E-state index contributed by atoms with van der Waals surface area (Å²) in [6, 6.07) is 12.6. The fourth-order valence-electron chi connectivity index (χ4n) is 2.29. The summed E-state index contributed by atoms with van der Waals surface area (Å²) in [5, 5.41) is 20.8. The Morgan fingerprint density at radius 2 is 1.72 bits per heavy atom. The topological polar surface area (TPSA) is 95.9 Å². The highest BCUT2D eigenvalue weighted by atomic mass is 16.5. The van der Waals surface area contributed by atoms with Crippen molar-refractivity contribution in [2.24, 2.45) is 5.92 Å². The van der Waals surface area contributed by atoms with Crippen molar-refractivity contribution < 1.29 is 24.5 Å². The highest BCUT2D eigenvalue weighted by molar-refractivity contribution is 6.27. The molecule has 0 spiro atoms. The van der Waals surface area contributed by atoms with E-state index in [2.05, 4.69) is 55.6 Å². The van der Waals surface area contributed by atoms with Crippen molar-refractivity contribution in [2.45, 2.75) is 26.8 Å². The quantitative estimate of drug-likeness (QED) is 0.549. The van der Waals surface area contributed by atoms with Gasteiger partial charge in [0.25, 0.3) is 0 Å². The summed E-state index contributed by atoms with van der Waals surface area (Å²) in [6.45, 7) is 6.40. The second kappa shape index (κ2) is 10.3. The van der Waals surface area contributed by atoms with Gasteiger partial charge in [-0.1, -0.05) is 44.2 Å². The van der Waals surface area contributed by atoms with Gasteiger partial charge in [-0.3, -0.25) is 0 Å². The molecule has 0 aliphatic carbocycles. The molecule has 0 bridgehead atoms. The number of carboxylic acid groups (broad SMARTS) is 2. The molecule has 136 valence electrons. The summed E-state index contributed by atoms with van der Waals surface area (Å²) < 4.78 is 5.49. The maximum atomic E-state index is 9.10. The van der Waals surface area contributed by atoms with Crippen LogP contribution in [0.1, 0.15) is 25.8 Å². The molecule has 6 heteroatoms. The Bertz CT molecular complexity index is 700. The Kier molecular flexibility index (Phi) is 8.43. The lowest BCUT2D eigenvalue weighted by atomic mass is 10.0. The summed E-state index contributed by atoms with van der Waals surface area (Å²) in [6.07, 6.45) is 1.20. The van der Waals surface area contributed by atoms with E-state index in [1.165, 1.54) is 22.8 Å². The largest absolute Gasteiger partial charge is 0.496 e. The van der Waals surface area contributed by atoms with Crippen LogP contribution in [0.25, 0.3) is 10.8 Å². The van der Waals surface area contributed by atoms with Crippen LogP contribution in [0.2, 0.25) is 0 Å². The van der Waals surface area contributed by atoms with Crippen molar-refractivity contribution >= 4 is 22.7 Å². The van der Waals surface area contributed by atoms with E-state index < -0.39 is 11.9 Å². The van der Waals surface area contributed by atoms with E-state index in [1.54, 1.807) is 7.11 Å². The highest BCUT2D eigenvalue weighted by Gasteiger charge is 2.07. The number of hydrogen-bond acceptors (Lipinski definition) is 4. The van der Waals surface area contributed by atoms with Crippen LogP contribution in [0, 0.1) is 5.92 Å². The number of aliphatic carboxylic acids is 2. The van der Waals surface area contributed by atoms with Crippen molar-refractivity contribution in [2.75, 3.05) is 13.7 Å². The van der Waals surface area contributed by atoms with Crippen LogP contribution in [0.15, 0.2) is 36.4 Å². The Morgan fingerprint density at radius 1 is 1.08 bits per heavy atom. The molecule has 0 fully saturated rings. The van der Waals surface area contributed by atoms with E-state index in [1.807, 2.05) is 0 Å². The van der Waals surface area contributed by atoms with E-state index in [9.17, 15) is 0 Å². The molecule has 0 amide bonds. The van der Waals surface area contributed by atoms with Gasteiger partial charge in [0.15, 0.2) is 0 Å². The zero-order chi connectivity index (χ0) is 18.8. The van der Waals surface area contributed by atoms with E-state index in [0.29, 0.717) is 0 Å². The minimum atomic E-state index is -1.82. The lowest BCUT2D eigenvalue weighted by Gasteiger charge is -2.13. The van der Waals surface area contributed by atoms with Crippen LogP contribution in [0.5, 0.6) is 5.75 Å². The third-order valence-electron chi connectivity index (χ3n) is 3.60. The van der Waals surface area contributed by atoms with Crippen LogP contribution in [0.3, 0.4) is 0 Å². The molecular weight excluding hydrogens is 322 g/mol. The molecule has 25 heavy (non-hydrogen) atoms. The summed E-state index contributed by atoms with van der Waals surface area (Å²) in [5.41, 5.74) is 1.25. The van der Waals surface area contributed by atoms with Crippen LogP contribution in [-0.2, 0) is 16.1 Å². The maximum Gasteiger partial charge on any atom is 0.414 e. The van der Waals surface area contributed by atoms with Gasteiger partial charge in [0.1, 0.15) is 5.75 Å². The summed E-state index contributed by atoms with van der Waals surface area (Å²) in [7, 11) is 1.74. The van der Waals surface area contributed by atoms with Crippen molar-refractivity contribution in [3.63, 3.8) is 0 Å². The van der Waals surface area contributed by atoms with Crippen molar-refractivity contribution in [1.82, 2.24) is 5.32 Å². The molecule has 0 saturated carbocycles. The summed E-state index contributed by atoms with van der Waals surface area (Å²) >= 11 is 0. The molecule has 0 radical (unpaired) electrons. The first-order valence-electron chi connectivity index (χ1n) is 8.08. The third-order valence-corrected chi connectivity index (χ3v) is 3.60. The molecule has 6 nitrogen and oxygen atoms in total. The minimum absolute atomic E-state index is 0.738. The monoisotopic (exact) mass is 347 g/mol. The zero-order valence-electron chi connectivity index (χ0n) is 14.8. The van der Waals surface area contributed by atoms with Gasteiger partial charge in [-0.05, 0) is 35.7 Å². The van der Waals surface area contributed by atoms with Crippen LogP contribution in [0.4, 0.5) is 0 Å². The zero-order valence-corrected chi connectivity index (χ0v) is 14.8. The van der Waals surface area contributed by atoms with Gasteiger partial charge >= 0.3 is 11.9 Å². The number of fused-ring (bicyclic) bond motifs is 1. The number of hydrogen-bond donors (Lipinski definition) is 3. The summed E-state index contributed by atoms with van der Waals surface area (Å²) in [4.78, 5) is 18.2. The van der Waals surface area contributed by atoms with Gasteiger partial charge in [0, 0.05) is 12.1 Å². The van der Waals surface area contributed by atoms with E-state index >= 15 is 0 Å². The van der Waals surface area contributed by atoms with E-state index in [4.69, 9.17) is 24.5 Å². The normalized spacial score (nSPS) is 10.2. The average Bonchev–Trinajstić information content (AvgIpc) is 2.58. The number of methoxy groups -OCH3 is 1. The number of carboxylic acids is 2. The average molecular weight is 347 g/mol. The van der Waals surface area contributed by atoms with Crippen LogP contribution in [-0.4, -0.2) is 35.8 Å². The molecule has 2 aromatic rings. The predicted molar refractivity (Wildman–Crippen MR) is 96.9 cm³/mol. The highest BCUT2D eigenvalue weighted by Crippen LogP contribution is 2.27. The number of ether oxygens (including phenoxy) is 1. The predicted octanol–water partition coefficient (Wildman–Crippen LogP) is 3.14. The minimum Gasteiger partial charge on any atom is -0.496 e. The molecular formula is C19H25NO5. The molecule has 3 N–H and O–H groups in total. The smallest absolute Gasteiger partial charge is 0.414 e. The van der Waals surface area contributed by atoms with Crippen molar-refractivity contribution in [3.8, 4) is 5.75 Å². The first-order valence-corrected chi connectivity index (χ1v) is 8.08. The third kappa shape index (κ3) is 6.81. The maximum absolute atomic E-state index is 9.10. The van der Waals surface area contributed by atoms with E-state index in [-0.39, 0.29) is 0 Å². The van der Waals surface area contributed by atoms with Gasteiger partial charge in [-0.2, -0.15) is 0 Å². The number of rotatable bonds is 6. The van der Waals surface area contributed by atoms with Gasteiger partial charge in [0.2, 0.25) is 0 Å². The Morgan fingerprint density at radius 3 is 2.28 bits per heavy atom. The van der Waals surface area contributed by atoms with Gasteiger partial charge in [0.05, 0.1) is 7.11 Å². The first-order chi connectivity index (χ1) is 11.9. The molecule has 0 atom stereocenters. The van der Waals surface area contributed by atoms with Gasteiger partial charge in [-0.15, -0.1) is 0 Å². The molecule has 2 aromatic carbocycles. The summed E-state index contributed by atoms with van der Waals surface area (Å²) in [5.74, 6) is -1.94. The molecule has 0 aliphatic rings. The Hall–Kier alpha value is -2.60. The van der Waals surface area contributed by atoms with Crippen LogP contribution >= 0.6 is 0 Å². The first kappa shape index (κ1) is 20.4. The van der Waals surface area contributed by atoms with Gasteiger partial charge in [-0.25, -0.2) is 9.59 Å². The molecule has 0 unspecified atom stereocenters. The second-order valence-corrected chi connectivity index (χ2v) is 5.94. The number of nitrogens with one attached hydrogen (secondary N) is 1. The standard InChI is InChI=1S/C17H23NO.C2H2O4/c1-13(2)10-11-18-12-16-15-7-5-4-6-14(15)8-9-17(16)19-3;3-1(4)2(5)6/h4-9,13,18H,10-12H2,1-3H3;(H,3,4)(H,5,6). The van der Waals surface area contributed by atoms with Crippen LogP contribution < -0.4 is 10.1 Å². The molecule has 0 saturated heterocycles. The fourth-order valence-corrected chi connectivity index (χ4v) is 2.29. The second-order valence-electron chi connectivity index (χ2n) is 5.94. The lowest BCUT2D eigenvalue weighted by molar-refractivity contribution is -0.159. The van der Waals surface area contributed by atoms with Gasteiger partial charge < -0.3 is 20.3 Å². The fraction of sp³-hybridized carbons (Fsp3) is 0.368. The van der Waals surface area contributed by atoms with Crippen molar-refractivity contribution in [1.29, 1.82) is 0 Å². The number of benzene rings is 2. The molecule has 0 heterocycles. The van der Waals surface area contributed by atoms with E-state index in [0.717, 1.165) is 24.8 Å². The Labute approximate surface area is 147 Å². The lowest BCUT2D eigenvalue weighted by Crippen LogP contribution is -2.17. The molecule has 0 aromatic heterocycles. The van der Waals surface area contributed by atoms with Crippen molar-refractivity contribution in [3.05, 3.63) is 42.0 Å². The Balaban J connectivity index is 0.000000450. The molecule has 0 aliphatic heterocycles. The SMILES string of the molecule is COc1ccc2ccccc2c1CNCCC(C)C.O=C(O)C(=O)O.